The van der Waals surface area contributed by atoms with Crippen molar-refractivity contribution in [3.8, 4) is 0 Å². The van der Waals surface area contributed by atoms with Gasteiger partial charge in [0, 0.05) is 14.0 Å². The third-order valence-corrected chi connectivity index (χ3v) is 1.27. The molecule has 0 aromatic carbocycles. The molecule has 0 aliphatic heterocycles. The van der Waals surface area contributed by atoms with Gasteiger partial charge in [0.2, 0.25) is 5.91 Å². The summed E-state index contributed by atoms with van der Waals surface area (Å²) in [6.45, 7) is -0.430. The number of carbonyl (C=O) groups is 3. The zero-order valence-electron chi connectivity index (χ0n) is 7.58. The Labute approximate surface area is 78.4 Å². The summed E-state index contributed by atoms with van der Waals surface area (Å²) < 4.78 is 24.2. The summed E-state index contributed by atoms with van der Waals surface area (Å²) in [5.41, 5.74) is 1.27. The first-order chi connectivity index (χ1) is 6.40. The van der Waals surface area contributed by atoms with E-state index in [1.807, 2.05) is 0 Å². The monoisotopic (exact) mass is 209 g/mol. The van der Waals surface area contributed by atoms with Gasteiger partial charge in [-0.2, -0.15) is 0 Å². The molecule has 0 atom stereocenters. The number of nitrogens with one attached hydrogen (secondary N) is 1. The van der Waals surface area contributed by atoms with Crippen LogP contribution in [0.25, 0.3) is 0 Å². The quantitative estimate of drug-likeness (QED) is 0.479. The van der Waals surface area contributed by atoms with Gasteiger partial charge in [0.05, 0.1) is 0 Å². The van der Waals surface area contributed by atoms with Crippen LogP contribution < -0.4 is 5.43 Å². The van der Waals surface area contributed by atoms with E-state index in [9.17, 15) is 23.3 Å². The summed E-state index contributed by atoms with van der Waals surface area (Å²) in [6, 6.07) is -1.40. The molecule has 6 nitrogen and oxygen atoms in total. The molecule has 0 heterocycles. The minimum Gasteiger partial charge on any atom is -0.275 e. The summed E-state index contributed by atoms with van der Waals surface area (Å²) >= 11 is 0. The van der Waals surface area contributed by atoms with Gasteiger partial charge in [-0.3, -0.25) is 14.5 Å². The van der Waals surface area contributed by atoms with Crippen molar-refractivity contribution >= 4 is 17.8 Å². The molecule has 8 heteroatoms. The summed E-state index contributed by atoms with van der Waals surface area (Å²) in [4.78, 5) is 32.1. The Morgan fingerprint density at radius 1 is 1.36 bits per heavy atom. The molecule has 0 saturated heterocycles. The maximum absolute atomic E-state index is 12.6. The van der Waals surface area contributed by atoms with Crippen LogP contribution in [0.4, 0.5) is 13.7 Å². The topological polar surface area (TPSA) is 69.7 Å². The molecule has 80 valence electrons. The third-order valence-electron chi connectivity index (χ3n) is 1.27. The SMILES string of the molecule is CC(=O)N(C)C(=O)N(F)NC(=O)CF. The largest absolute Gasteiger partial charge is 0.374 e. The highest BCUT2D eigenvalue weighted by Gasteiger charge is 2.22. The van der Waals surface area contributed by atoms with E-state index in [0.717, 1.165) is 14.0 Å². The number of rotatable bonds is 1. The molecule has 0 spiro atoms. The number of carbonyl (C=O) groups excluding carboxylic acids is 3. The van der Waals surface area contributed by atoms with Crippen LogP contribution in [-0.2, 0) is 9.59 Å². The van der Waals surface area contributed by atoms with Crippen LogP contribution in [0, 0.1) is 0 Å². The van der Waals surface area contributed by atoms with E-state index in [1.54, 1.807) is 0 Å². The summed E-state index contributed by atoms with van der Waals surface area (Å²) in [5, 5.41) is -0.761. The number of hydrogen-bond acceptors (Lipinski definition) is 3. The molecule has 4 amide bonds. The summed E-state index contributed by atoms with van der Waals surface area (Å²) in [5.74, 6) is -2.04. The van der Waals surface area contributed by atoms with Crippen molar-refractivity contribution in [1.29, 1.82) is 0 Å². The van der Waals surface area contributed by atoms with Crippen LogP contribution in [0.5, 0.6) is 0 Å². The number of nitrogens with zero attached hydrogens (tertiary/aromatic N) is 2. The highest BCUT2D eigenvalue weighted by molar-refractivity contribution is 5.93. The Balaban J connectivity index is 4.25. The van der Waals surface area contributed by atoms with Crippen molar-refractivity contribution in [1.82, 2.24) is 15.6 Å². The smallest absolute Gasteiger partial charge is 0.275 e. The first kappa shape index (κ1) is 12.3. The third kappa shape index (κ3) is 3.33. The molecule has 0 bridgehead atoms. The van der Waals surface area contributed by atoms with E-state index < -0.39 is 29.8 Å². The highest BCUT2D eigenvalue weighted by Crippen LogP contribution is 1.94. The lowest BCUT2D eigenvalue weighted by molar-refractivity contribution is -0.135. The van der Waals surface area contributed by atoms with E-state index in [-0.39, 0.29) is 0 Å². The van der Waals surface area contributed by atoms with E-state index in [2.05, 4.69) is 0 Å². The van der Waals surface area contributed by atoms with Crippen LogP contribution >= 0.6 is 0 Å². The Bertz CT molecular complexity index is 259. The van der Waals surface area contributed by atoms with Crippen LogP contribution in [-0.4, -0.2) is 41.7 Å². The predicted molar refractivity (Wildman–Crippen MR) is 40.9 cm³/mol. The average Bonchev–Trinajstić information content (AvgIpc) is 2.14. The van der Waals surface area contributed by atoms with Crippen molar-refractivity contribution in [2.75, 3.05) is 13.7 Å². The number of imide groups is 1. The lowest BCUT2D eigenvalue weighted by Crippen LogP contribution is -2.48. The molecule has 0 fully saturated rings. The minimum atomic E-state index is -1.46. The number of amides is 4. The van der Waals surface area contributed by atoms with E-state index in [4.69, 9.17) is 0 Å². The molecule has 0 rings (SSSR count). The van der Waals surface area contributed by atoms with Gasteiger partial charge in [-0.1, -0.05) is 9.71 Å². The maximum atomic E-state index is 12.6. The van der Waals surface area contributed by atoms with Crippen molar-refractivity contribution in [2.45, 2.75) is 6.92 Å². The molecular formula is C6H9F2N3O3. The van der Waals surface area contributed by atoms with Crippen molar-refractivity contribution in [3.05, 3.63) is 0 Å². The van der Waals surface area contributed by atoms with Gasteiger partial charge in [0.1, 0.15) is 0 Å². The molecule has 0 aliphatic carbocycles. The average molecular weight is 209 g/mol. The van der Waals surface area contributed by atoms with E-state index >= 15 is 0 Å². The Morgan fingerprint density at radius 2 is 1.86 bits per heavy atom. The molecule has 14 heavy (non-hydrogen) atoms. The van der Waals surface area contributed by atoms with Gasteiger partial charge in [0.15, 0.2) is 6.67 Å². The first-order valence-electron chi connectivity index (χ1n) is 3.49. The molecule has 0 aromatic rings. The fourth-order valence-electron chi connectivity index (χ4n) is 0.454. The van der Waals surface area contributed by atoms with Gasteiger partial charge in [-0.25, -0.2) is 14.6 Å². The Hall–Kier alpha value is -1.73. The zero-order chi connectivity index (χ0) is 11.3. The fourth-order valence-corrected chi connectivity index (χ4v) is 0.454. The van der Waals surface area contributed by atoms with Crippen molar-refractivity contribution < 1.29 is 23.3 Å². The minimum absolute atomic E-state index is 0.415. The normalized spacial score (nSPS) is 9.14. The Kier molecular flexibility index (Phi) is 4.47. The van der Waals surface area contributed by atoms with E-state index in [1.165, 1.54) is 5.43 Å². The second-order valence-corrected chi connectivity index (χ2v) is 2.31. The van der Waals surface area contributed by atoms with Crippen molar-refractivity contribution in [3.63, 3.8) is 0 Å². The molecule has 0 radical (unpaired) electrons. The summed E-state index contributed by atoms with van der Waals surface area (Å²) in [7, 11) is 1.01. The van der Waals surface area contributed by atoms with Gasteiger partial charge in [-0.15, -0.1) is 0 Å². The highest BCUT2D eigenvalue weighted by atomic mass is 19.2. The Morgan fingerprint density at radius 3 is 2.21 bits per heavy atom. The first-order valence-corrected chi connectivity index (χ1v) is 3.49. The number of alkyl halides is 1. The zero-order valence-corrected chi connectivity index (χ0v) is 7.58. The second-order valence-electron chi connectivity index (χ2n) is 2.31. The standard InChI is InChI=1S/C6H9F2N3O3/c1-4(12)10(2)6(14)11(8)9-5(13)3-7/h3H2,1-2H3,(H,9,13). The fraction of sp³-hybridized carbons (Fsp3) is 0.500. The molecule has 1 N–H and O–H groups in total. The maximum Gasteiger partial charge on any atom is 0.374 e. The van der Waals surface area contributed by atoms with Gasteiger partial charge in [0.25, 0.3) is 5.91 Å². The van der Waals surface area contributed by atoms with Crippen LogP contribution in [0.15, 0.2) is 0 Å². The molecule has 0 aliphatic rings. The summed E-state index contributed by atoms with van der Waals surface area (Å²) in [6.07, 6.45) is 0. The lowest BCUT2D eigenvalue weighted by Gasteiger charge is -2.17. The van der Waals surface area contributed by atoms with Crippen molar-refractivity contribution in [2.24, 2.45) is 0 Å². The van der Waals surface area contributed by atoms with Gasteiger partial charge in [-0.05, 0) is 0 Å². The molecule has 0 aromatic heterocycles. The van der Waals surface area contributed by atoms with Gasteiger partial charge >= 0.3 is 6.03 Å². The van der Waals surface area contributed by atoms with Crippen LogP contribution in [0.1, 0.15) is 6.92 Å². The van der Waals surface area contributed by atoms with Crippen LogP contribution in [0.3, 0.4) is 0 Å². The number of hydrazine groups is 1. The molecular weight excluding hydrogens is 200 g/mol. The number of hydrogen-bond donors (Lipinski definition) is 1. The van der Waals surface area contributed by atoms with E-state index in [0.29, 0.717) is 4.90 Å². The molecule has 0 unspecified atom stereocenters. The van der Waals surface area contributed by atoms with Crippen LogP contribution in [0.2, 0.25) is 0 Å². The predicted octanol–water partition coefficient (Wildman–Crippen LogP) is -0.228. The lowest BCUT2D eigenvalue weighted by atomic mass is 10.6. The molecule has 0 saturated carbocycles. The number of halogens is 2. The number of urea groups is 1. The van der Waals surface area contributed by atoms with Gasteiger partial charge < -0.3 is 0 Å². The second kappa shape index (κ2) is 5.10.